The van der Waals surface area contributed by atoms with Crippen molar-refractivity contribution in [1.82, 2.24) is 0 Å². The summed E-state index contributed by atoms with van der Waals surface area (Å²) in [4.78, 5) is 23.4. The molecular weight excluding hydrogens is 256 g/mol. The molecule has 0 atom stereocenters. The largest absolute Gasteiger partial charge is 0.465 e. The Morgan fingerprint density at radius 2 is 1.50 bits per heavy atom. The molecule has 20 heavy (non-hydrogen) atoms. The Morgan fingerprint density at radius 3 is 2.00 bits per heavy atom. The average Bonchev–Trinajstić information content (AvgIpc) is 2.42. The Kier molecular flexibility index (Phi) is 11.9. The third-order valence-electron chi connectivity index (χ3n) is 2.91. The van der Waals surface area contributed by atoms with Crippen LogP contribution in [0.3, 0.4) is 0 Å². The molecule has 4 heteroatoms. The second-order valence-electron chi connectivity index (χ2n) is 4.61. The summed E-state index contributed by atoms with van der Waals surface area (Å²) in [6, 6.07) is 0. The molecule has 0 aromatic heterocycles. The van der Waals surface area contributed by atoms with Crippen molar-refractivity contribution in [3.05, 3.63) is 12.2 Å². The quantitative estimate of drug-likeness (QED) is 0.251. The van der Waals surface area contributed by atoms with Crippen LogP contribution in [-0.4, -0.2) is 25.2 Å². The van der Waals surface area contributed by atoms with Crippen molar-refractivity contribution >= 4 is 11.9 Å². The summed E-state index contributed by atoms with van der Waals surface area (Å²) in [6.07, 6.45) is 10.1. The SMILES string of the molecule is CCCCCC/C=C\CC(C(=O)OCC)C(=O)OCC. The molecule has 0 fully saturated rings. The predicted molar refractivity (Wildman–Crippen MR) is 79.3 cm³/mol. The van der Waals surface area contributed by atoms with Crippen LogP contribution in [0.25, 0.3) is 0 Å². The van der Waals surface area contributed by atoms with E-state index in [1.165, 1.54) is 19.3 Å². The smallest absolute Gasteiger partial charge is 0.320 e. The normalized spacial score (nSPS) is 11.0. The van der Waals surface area contributed by atoms with E-state index in [4.69, 9.17) is 9.47 Å². The number of hydrogen-bond acceptors (Lipinski definition) is 4. The van der Waals surface area contributed by atoms with Gasteiger partial charge in [-0.25, -0.2) is 0 Å². The highest BCUT2D eigenvalue weighted by atomic mass is 16.6. The number of esters is 2. The van der Waals surface area contributed by atoms with Crippen molar-refractivity contribution in [2.45, 2.75) is 59.3 Å². The number of ether oxygens (including phenoxy) is 2. The molecule has 0 N–H and O–H groups in total. The number of unbranched alkanes of at least 4 members (excludes halogenated alkanes) is 4. The zero-order chi connectivity index (χ0) is 15.2. The van der Waals surface area contributed by atoms with Crippen LogP contribution in [0, 0.1) is 5.92 Å². The van der Waals surface area contributed by atoms with Gasteiger partial charge in [0.05, 0.1) is 13.2 Å². The lowest BCUT2D eigenvalue weighted by Crippen LogP contribution is -2.27. The maximum Gasteiger partial charge on any atom is 0.320 e. The zero-order valence-electron chi connectivity index (χ0n) is 13.0. The molecule has 0 aliphatic carbocycles. The topological polar surface area (TPSA) is 52.6 Å². The third-order valence-corrected chi connectivity index (χ3v) is 2.91. The second kappa shape index (κ2) is 12.7. The first-order valence-corrected chi connectivity index (χ1v) is 7.65. The van der Waals surface area contributed by atoms with Crippen molar-refractivity contribution in [2.75, 3.05) is 13.2 Å². The minimum absolute atomic E-state index is 0.273. The van der Waals surface area contributed by atoms with Gasteiger partial charge in [-0.2, -0.15) is 0 Å². The highest BCUT2D eigenvalue weighted by Gasteiger charge is 2.27. The van der Waals surface area contributed by atoms with Crippen molar-refractivity contribution in [2.24, 2.45) is 5.92 Å². The van der Waals surface area contributed by atoms with E-state index in [0.29, 0.717) is 6.42 Å². The maximum atomic E-state index is 11.7. The summed E-state index contributed by atoms with van der Waals surface area (Å²) in [5.74, 6) is -1.83. The van der Waals surface area contributed by atoms with Gasteiger partial charge >= 0.3 is 11.9 Å². The molecule has 0 aliphatic heterocycles. The maximum absolute atomic E-state index is 11.7. The molecule has 0 aromatic carbocycles. The Hall–Kier alpha value is -1.32. The molecule has 0 saturated carbocycles. The van der Waals surface area contributed by atoms with Crippen LogP contribution in [-0.2, 0) is 19.1 Å². The average molecular weight is 284 g/mol. The summed E-state index contributed by atoms with van der Waals surface area (Å²) in [5.41, 5.74) is 0. The highest BCUT2D eigenvalue weighted by Crippen LogP contribution is 2.11. The van der Waals surface area contributed by atoms with Gasteiger partial charge in [-0.05, 0) is 33.1 Å². The van der Waals surface area contributed by atoms with E-state index in [1.807, 2.05) is 12.2 Å². The van der Waals surface area contributed by atoms with Gasteiger partial charge < -0.3 is 9.47 Å². The highest BCUT2D eigenvalue weighted by molar-refractivity contribution is 5.95. The minimum Gasteiger partial charge on any atom is -0.465 e. The van der Waals surface area contributed by atoms with Crippen LogP contribution < -0.4 is 0 Å². The summed E-state index contributed by atoms with van der Waals surface area (Å²) in [6.45, 7) is 6.18. The van der Waals surface area contributed by atoms with E-state index >= 15 is 0 Å². The van der Waals surface area contributed by atoms with E-state index in [1.54, 1.807) is 13.8 Å². The number of allylic oxidation sites excluding steroid dienone is 2. The summed E-state index contributed by atoms with van der Waals surface area (Å²) in [5, 5.41) is 0. The molecule has 0 unspecified atom stereocenters. The van der Waals surface area contributed by atoms with Crippen LogP contribution in [0.1, 0.15) is 59.3 Å². The molecule has 0 bridgehead atoms. The molecule has 0 saturated heterocycles. The van der Waals surface area contributed by atoms with Gasteiger partial charge in [-0.1, -0.05) is 38.3 Å². The van der Waals surface area contributed by atoms with Crippen LogP contribution in [0.5, 0.6) is 0 Å². The van der Waals surface area contributed by atoms with Crippen LogP contribution in [0.4, 0.5) is 0 Å². The van der Waals surface area contributed by atoms with Crippen molar-refractivity contribution in [1.29, 1.82) is 0 Å². The second-order valence-corrected chi connectivity index (χ2v) is 4.61. The van der Waals surface area contributed by atoms with Gasteiger partial charge in [0.15, 0.2) is 5.92 Å². The van der Waals surface area contributed by atoms with E-state index in [9.17, 15) is 9.59 Å². The number of carbonyl (C=O) groups is 2. The van der Waals surface area contributed by atoms with Gasteiger partial charge in [0.2, 0.25) is 0 Å². The van der Waals surface area contributed by atoms with Gasteiger partial charge in [0.1, 0.15) is 0 Å². The monoisotopic (exact) mass is 284 g/mol. The summed E-state index contributed by atoms with van der Waals surface area (Å²) in [7, 11) is 0. The van der Waals surface area contributed by atoms with Gasteiger partial charge in [-0.3, -0.25) is 9.59 Å². The molecule has 0 aromatic rings. The number of carbonyl (C=O) groups excluding carboxylic acids is 2. The molecule has 0 heterocycles. The fourth-order valence-corrected chi connectivity index (χ4v) is 1.81. The van der Waals surface area contributed by atoms with Crippen molar-refractivity contribution in [3.8, 4) is 0 Å². The third kappa shape index (κ3) is 8.73. The first kappa shape index (κ1) is 18.7. The Balaban J connectivity index is 4.18. The van der Waals surface area contributed by atoms with Crippen LogP contribution >= 0.6 is 0 Å². The Bertz CT molecular complexity index is 279. The van der Waals surface area contributed by atoms with E-state index < -0.39 is 17.9 Å². The Morgan fingerprint density at radius 1 is 0.900 bits per heavy atom. The fourth-order valence-electron chi connectivity index (χ4n) is 1.81. The van der Waals surface area contributed by atoms with E-state index in [2.05, 4.69) is 6.92 Å². The lowest BCUT2D eigenvalue weighted by molar-refractivity contribution is -0.161. The molecule has 0 spiro atoms. The lowest BCUT2D eigenvalue weighted by atomic mass is 10.0. The molecule has 0 rings (SSSR count). The minimum atomic E-state index is -0.832. The van der Waals surface area contributed by atoms with Crippen molar-refractivity contribution in [3.63, 3.8) is 0 Å². The van der Waals surface area contributed by atoms with Gasteiger partial charge in [-0.15, -0.1) is 0 Å². The first-order chi connectivity index (χ1) is 9.67. The molecular formula is C16H28O4. The van der Waals surface area contributed by atoms with Crippen molar-refractivity contribution < 1.29 is 19.1 Å². The summed E-state index contributed by atoms with van der Waals surface area (Å²) >= 11 is 0. The predicted octanol–water partition coefficient (Wildman–Crippen LogP) is 3.65. The summed E-state index contributed by atoms with van der Waals surface area (Å²) < 4.78 is 9.82. The lowest BCUT2D eigenvalue weighted by Gasteiger charge is -2.12. The van der Waals surface area contributed by atoms with Crippen LogP contribution in [0.2, 0.25) is 0 Å². The zero-order valence-corrected chi connectivity index (χ0v) is 13.0. The molecule has 0 radical (unpaired) electrons. The van der Waals surface area contributed by atoms with E-state index in [0.717, 1.165) is 12.8 Å². The molecule has 0 amide bonds. The number of rotatable bonds is 11. The number of hydrogen-bond donors (Lipinski definition) is 0. The Labute approximate surface area is 122 Å². The molecule has 4 nitrogen and oxygen atoms in total. The van der Waals surface area contributed by atoms with Gasteiger partial charge in [0.25, 0.3) is 0 Å². The first-order valence-electron chi connectivity index (χ1n) is 7.65. The molecule has 116 valence electrons. The standard InChI is InChI=1S/C16H28O4/c1-4-7-8-9-10-11-12-13-14(15(17)19-5-2)16(18)20-6-3/h11-12,14H,4-10,13H2,1-3H3/b12-11-. The molecule has 0 aliphatic rings. The van der Waals surface area contributed by atoms with Gasteiger partial charge in [0, 0.05) is 0 Å². The fraction of sp³-hybridized carbons (Fsp3) is 0.750. The van der Waals surface area contributed by atoms with E-state index in [-0.39, 0.29) is 13.2 Å². The van der Waals surface area contributed by atoms with Crippen LogP contribution in [0.15, 0.2) is 12.2 Å².